The van der Waals surface area contributed by atoms with E-state index in [0.717, 1.165) is 10.4 Å². The van der Waals surface area contributed by atoms with Crippen molar-refractivity contribution in [3.63, 3.8) is 0 Å². The molecule has 0 spiro atoms. The van der Waals surface area contributed by atoms with Crippen LogP contribution >= 0.6 is 0 Å². The molecule has 3 atom stereocenters. The van der Waals surface area contributed by atoms with E-state index in [1.165, 1.54) is 6.20 Å². The van der Waals surface area contributed by atoms with Crippen molar-refractivity contribution in [2.75, 3.05) is 6.54 Å². The molecule has 2 aromatic heterocycles. The number of H-pyrrole nitrogens is 1. The van der Waals surface area contributed by atoms with Crippen LogP contribution in [0.3, 0.4) is 0 Å². The van der Waals surface area contributed by atoms with Gasteiger partial charge < -0.3 is 30.4 Å². The molecule has 1 saturated heterocycles. The number of hydrogen-bond donors (Lipinski definition) is 3. The molecule has 1 aliphatic heterocycles. The van der Waals surface area contributed by atoms with Crippen molar-refractivity contribution in [1.29, 1.82) is 5.26 Å². The number of nitrogens with one attached hydrogen (secondary N) is 2. The SMILES string of the molecule is CC(C)(C)OC(=O)NC(Cc1c[nH]c2ccc(Oc3ncccc3C#N)cc12)C(=O)N1CC(F)CC1C(N)=O. The minimum absolute atomic E-state index is 0.00645. The molecule has 4 N–H and O–H groups in total. The number of aromatic amines is 1. The Balaban J connectivity index is 1.64. The summed E-state index contributed by atoms with van der Waals surface area (Å²) in [6, 6.07) is 8.11. The first-order chi connectivity index (χ1) is 18.4. The van der Waals surface area contributed by atoms with Crippen molar-refractivity contribution in [1.82, 2.24) is 20.2 Å². The van der Waals surface area contributed by atoms with Gasteiger partial charge in [-0.1, -0.05) is 0 Å². The normalized spacial score (nSPS) is 17.9. The second-order valence-corrected chi connectivity index (χ2v) is 10.2. The van der Waals surface area contributed by atoms with Gasteiger partial charge in [-0.25, -0.2) is 14.2 Å². The molecule has 11 nitrogen and oxygen atoms in total. The highest BCUT2D eigenvalue weighted by atomic mass is 19.1. The van der Waals surface area contributed by atoms with Crippen LogP contribution in [-0.2, 0) is 20.7 Å². The number of fused-ring (bicyclic) bond motifs is 1. The van der Waals surface area contributed by atoms with Gasteiger partial charge in [0.1, 0.15) is 41.2 Å². The number of hydrogen-bond acceptors (Lipinski definition) is 7. The largest absolute Gasteiger partial charge is 0.444 e. The lowest BCUT2D eigenvalue weighted by molar-refractivity contribution is -0.139. The van der Waals surface area contributed by atoms with Crippen molar-refractivity contribution in [3.05, 3.63) is 53.9 Å². The number of rotatable bonds is 7. The predicted molar refractivity (Wildman–Crippen MR) is 138 cm³/mol. The maximum Gasteiger partial charge on any atom is 0.408 e. The molecule has 3 aromatic rings. The van der Waals surface area contributed by atoms with Crippen molar-refractivity contribution in [3.8, 4) is 17.7 Å². The number of nitriles is 1. The number of primary amides is 1. The molecule has 3 heterocycles. The summed E-state index contributed by atoms with van der Waals surface area (Å²) >= 11 is 0. The van der Waals surface area contributed by atoms with E-state index in [-0.39, 0.29) is 30.8 Å². The molecule has 3 amide bonds. The first-order valence-electron chi connectivity index (χ1n) is 12.3. The van der Waals surface area contributed by atoms with Gasteiger partial charge in [-0.15, -0.1) is 0 Å². The molecule has 3 unspecified atom stereocenters. The monoisotopic (exact) mass is 536 g/mol. The van der Waals surface area contributed by atoms with Crippen molar-refractivity contribution >= 4 is 28.8 Å². The number of benzene rings is 1. The summed E-state index contributed by atoms with van der Waals surface area (Å²) in [5.74, 6) is -0.933. The van der Waals surface area contributed by atoms with Crippen LogP contribution in [0.1, 0.15) is 38.3 Å². The zero-order valence-corrected chi connectivity index (χ0v) is 21.7. The third-order valence-electron chi connectivity index (χ3n) is 6.12. The van der Waals surface area contributed by atoms with Crippen LogP contribution in [0.4, 0.5) is 9.18 Å². The number of alkyl carbamates (subject to hydrolysis) is 1. The smallest absolute Gasteiger partial charge is 0.408 e. The average molecular weight is 537 g/mol. The number of nitrogens with two attached hydrogens (primary N) is 1. The number of pyridine rings is 1. The molecule has 1 fully saturated rings. The van der Waals surface area contributed by atoms with Gasteiger partial charge in [0, 0.05) is 36.1 Å². The van der Waals surface area contributed by atoms with E-state index in [0.29, 0.717) is 16.7 Å². The van der Waals surface area contributed by atoms with Gasteiger partial charge in [0.25, 0.3) is 0 Å². The Labute approximate surface area is 224 Å². The molecule has 0 saturated carbocycles. The summed E-state index contributed by atoms with van der Waals surface area (Å²) < 4.78 is 25.4. The van der Waals surface area contributed by atoms with Gasteiger partial charge in [-0.05, 0) is 56.7 Å². The molecule has 0 aliphatic carbocycles. The Bertz CT molecular complexity index is 1440. The first-order valence-corrected chi connectivity index (χ1v) is 12.3. The van der Waals surface area contributed by atoms with Crippen LogP contribution in [0.15, 0.2) is 42.7 Å². The van der Waals surface area contributed by atoms with E-state index >= 15 is 0 Å². The van der Waals surface area contributed by atoms with Gasteiger partial charge in [-0.3, -0.25) is 9.59 Å². The number of carbonyl (C=O) groups excluding carboxylic acids is 3. The van der Waals surface area contributed by atoms with Crippen LogP contribution in [-0.4, -0.2) is 63.2 Å². The topological polar surface area (TPSA) is 163 Å². The number of likely N-dealkylation sites (tertiary alicyclic amines) is 1. The first kappa shape index (κ1) is 27.4. The molecular weight excluding hydrogens is 507 g/mol. The Morgan fingerprint density at radius 2 is 2.10 bits per heavy atom. The molecule has 204 valence electrons. The number of alkyl halides is 1. The highest BCUT2D eigenvalue weighted by Crippen LogP contribution is 2.29. The Morgan fingerprint density at radius 1 is 1.33 bits per heavy atom. The Hall–Kier alpha value is -4.66. The van der Waals surface area contributed by atoms with E-state index in [4.69, 9.17) is 15.2 Å². The summed E-state index contributed by atoms with van der Waals surface area (Å²) in [5.41, 5.74) is 6.23. The Kier molecular flexibility index (Phi) is 7.71. The molecule has 1 aliphatic rings. The van der Waals surface area contributed by atoms with Crippen molar-refractivity contribution < 1.29 is 28.2 Å². The van der Waals surface area contributed by atoms with E-state index in [1.54, 1.807) is 57.3 Å². The number of carbonyl (C=O) groups is 3. The third kappa shape index (κ3) is 6.43. The standard InChI is InChI=1S/C27H29FN6O5/c1-27(2,3)39-26(37)33-21(25(36)34-14-17(28)10-22(34)23(30)35)9-16-13-32-20-7-6-18(11-19(16)20)38-24-15(12-29)5-4-8-31-24/h4-8,11,13,17,21-22,32H,9-10,14H2,1-3H3,(H2,30,35)(H,33,37). The minimum Gasteiger partial charge on any atom is -0.444 e. The van der Waals surface area contributed by atoms with Crippen LogP contribution < -0.4 is 15.8 Å². The van der Waals surface area contributed by atoms with Gasteiger partial charge in [-0.2, -0.15) is 5.26 Å². The van der Waals surface area contributed by atoms with E-state index < -0.39 is 41.8 Å². The lowest BCUT2D eigenvalue weighted by Gasteiger charge is -2.28. The average Bonchev–Trinajstić information content (AvgIpc) is 3.45. The maximum absolute atomic E-state index is 14.2. The predicted octanol–water partition coefficient (Wildman–Crippen LogP) is 3.09. The second-order valence-electron chi connectivity index (χ2n) is 10.2. The highest BCUT2D eigenvalue weighted by molar-refractivity contribution is 5.92. The van der Waals surface area contributed by atoms with E-state index in [1.807, 2.05) is 6.07 Å². The van der Waals surface area contributed by atoms with Gasteiger partial charge in [0.05, 0.1) is 6.54 Å². The fourth-order valence-electron chi connectivity index (χ4n) is 4.43. The number of ether oxygens (including phenoxy) is 2. The van der Waals surface area contributed by atoms with Gasteiger partial charge >= 0.3 is 6.09 Å². The Morgan fingerprint density at radius 3 is 2.79 bits per heavy atom. The van der Waals surface area contributed by atoms with E-state index in [2.05, 4.69) is 15.3 Å². The summed E-state index contributed by atoms with van der Waals surface area (Å²) in [5, 5.41) is 12.6. The zero-order chi connectivity index (χ0) is 28.3. The van der Waals surface area contributed by atoms with Crippen LogP contribution in [0, 0.1) is 11.3 Å². The quantitative estimate of drug-likeness (QED) is 0.418. The molecule has 12 heteroatoms. The number of aromatic nitrogens is 2. The maximum atomic E-state index is 14.2. The lowest BCUT2D eigenvalue weighted by atomic mass is 10.0. The van der Waals surface area contributed by atoms with Crippen LogP contribution in [0.5, 0.6) is 11.6 Å². The highest BCUT2D eigenvalue weighted by Gasteiger charge is 2.41. The number of nitrogens with zero attached hydrogens (tertiary/aromatic N) is 3. The number of amides is 3. The molecular formula is C27H29FN6O5. The lowest BCUT2D eigenvalue weighted by Crippen LogP contribution is -2.54. The van der Waals surface area contributed by atoms with E-state index in [9.17, 15) is 24.0 Å². The zero-order valence-electron chi connectivity index (χ0n) is 21.7. The fourth-order valence-corrected chi connectivity index (χ4v) is 4.43. The minimum atomic E-state index is -1.41. The van der Waals surface area contributed by atoms with Crippen LogP contribution in [0.2, 0.25) is 0 Å². The summed E-state index contributed by atoms with van der Waals surface area (Å²) in [4.78, 5) is 46.4. The fraction of sp³-hybridized carbons (Fsp3) is 0.370. The van der Waals surface area contributed by atoms with Crippen molar-refractivity contribution in [2.45, 2.75) is 57.5 Å². The second kappa shape index (κ2) is 11.0. The summed E-state index contributed by atoms with van der Waals surface area (Å²) in [6.07, 6.45) is 0.733. The van der Waals surface area contributed by atoms with Gasteiger partial charge in [0.15, 0.2) is 0 Å². The van der Waals surface area contributed by atoms with Crippen LogP contribution in [0.25, 0.3) is 10.9 Å². The molecule has 0 radical (unpaired) electrons. The molecule has 0 bridgehead atoms. The van der Waals surface area contributed by atoms with Crippen molar-refractivity contribution in [2.24, 2.45) is 5.73 Å². The van der Waals surface area contributed by atoms with Gasteiger partial charge in [0.2, 0.25) is 17.7 Å². The third-order valence-corrected chi connectivity index (χ3v) is 6.12. The number of halogens is 1. The molecule has 4 rings (SSSR count). The summed E-state index contributed by atoms with van der Waals surface area (Å²) in [6.45, 7) is 4.74. The molecule has 1 aromatic carbocycles. The molecule has 39 heavy (non-hydrogen) atoms. The summed E-state index contributed by atoms with van der Waals surface area (Å²) in [7, 11) is 0.